The van der Waals surface area contributed by atoms with Gasteiger partial charge in [-0.25, -0.2) is 0 Å². The van der Waals surface area contributed by atoms with Gasteiger partial charge in [-0.1, -0.05) is 62.4 Å². The molecule has 0 radical (unpaired) electrons. The maximum Gasteiger partial charge on any atom is 0.255 e. The quantitative estimate of drug-likeness (QED) is 0.387. The van der Waals surface area contributed by atoms with Gasteiger partial charge in [0.25, 0.3) is 5.91 Å². The zero-order chi connectivity index (χ0) is 24.6. The first kappa shape index (κ1) is 24.8. The van der Waals surface area contributed by atoms with Crippen LogP contribution in [-0.4, -0.2) is 25.0 Å². The van der Waals surface area contributed by atoms with Crippen molar-refractivity contribution < 1.29 is 19.1 Å². The molecule has 0 spiro atoms. The summed E-state index contributed by atoms with van der Waals surface area (Å²) in [6.07, 6.45) is 0.291. The highest BCUT2D eigenvalue weighted by Gasteiger charge is 2.25. The Hall–Kier alpha value is -3.80. The summed E-state index contributed by atoms with van der Waals surface area (Å²) in [7, 11) is 0. The predicted molar refractivity (Wildman–Crippen MR) is 136 cm³/mol. The van der Waals surface area contributed by atoms with Crippen LogP contribution in [0.1, 0.15) is 50.0 Å². The highest BCUT2D eigenvalue weighted by Crippen LogP contribution is 2.38. The maximum absolute atomic E-state index is 13.0. The van der Waals surface area contributed by atoms with E-state index >= 15 is 0 Å². The van der Waals surface area contributed by atoms with Crippen molar-refractivity contribution in [2.75, 3.05) is 23.8 Å². The first-order valence-electron chi connectivity index (χ1n) is 11.5. The Labute approximate surface area is 201 Å². The van der Waals surface area contributed by atoms with Gasteiger partial charge in [-0.05, 0) is 37.0 Å². The van der Waals surface area contributed by atoms with Gasteiger partial charge in [-0.3, -0.25) is 9.59 Å². The molecule has 0 heterocycles. The number of hydrogen-bond acceptors (Lipinski definition) is 4. The Morgan fingerprint density at radius 3 is 1.79 bits per heavy atom. The Kier molecular flexibility index (Phi) is 8.30. The Morgan fingerprint density at radius 1 is 0.765 bits per heavy atom. The van der Waals surface area contributed by atoms with Gasteiger partial charge in [-0.2, -0.15) is 0 Å². The summed E-state index contributed by atoms with van der Waals surface area (Å²) in [6, 6.07) is 22.3. The number of hydrogen-bond donors (Lipinski definition) is 2. The van der Waals surface area contributed by atoms with Crippen LogP contribution in [0.3, 0.4) is 0 Å². The molecule has 0 saturated heterocycles. The van der Waals surface area contributed by atoms with Gasteiger partial charge in [0.2, 0.25) is 5.91 Å². The number of nitrogens with one attached hydrogen (secondary N) is 2. The smallest absolute Gasteiger partial charge is 0.255 e. The van der Waals surface area contributed by atoms with E-state index in [9.17, 15) is 9.59 Å². The van der Waals surface area contributed by atoms with E-state index in [2.05, 4.69) is 10.6 Å². The molecule has 178 valence electrons. The summed E-state index contributed by atoms with van der Waals surface area (Å²) in [5.41, 5.74) is 2.25. The highest BCUT2D eigenvalue weighted by molar-refractivity contribution is 6.05. The summed E-state index contributed by atoms with van der Waals surface area (Å²) in [5, 5.41) is 5.87. The second kappa shape index (κ2) is 11.4. The van der Waals surface area contributed by atoms with E-state index in [1.165, 1.54) is 0 Å². The van der Waals surface area contributed by atoms with Crippen LogP contribution in [0.4, 0.5) is 11.4 Å². The van der Waals surface area contributed by atoms with E-state index in [0.717, 1.165) is 5.56 Å². The third kappa shape index (κ3) is 6.38. The van der Waals surface area contributed by atoms with E-state index in [1.807, 2.05) is 64.1 Å². The zero-order valence-corrected chi connectivity index (χ0v) is 20.2. The second-order valence-electron chi connectivity index (χ2n) is 8.51. The van der Waals surface area contributed by atoms with Crippen LogP contribution < -0.4 is 20.1 Å². The molecule has 0 aliphatic rings. The summed E-state index contributed by atoms with van der Waals surface area (Å²) >= 11 is 0. The van der Waals surface area contributed by atoms with Crippen molar-refractivity contribution in [2.45, 2.75) is 39.5 Å². The minimum absolute atomic E-state index is 0.140. The van der Waals surface area contributed by atoms with Gasteiger partial charge in [0, 0.05) is 24.1 Å². The molecule has 0 bridgehead atoms. The van der Waals surface area contributed by atoms with Gasteiger partial charge in [0.05, 0.1) is 24.6 Å². The predicted octanol–water partition coefficient (Wildman–Crippen LogP) is 6.04. The Morgan fingerprint density at radius 2 is 1.26 bits per heavy atom. The van der Waals surface area contributed by atoms with Crippen LogP contribution in [-0.2, 0) is 10.2 Å². The summed E-state index contributed by atoms with van der Waals surface area (Å²) in [4.78, 5) is 25.7. The lowest BCUT2D eigenvalue weighted by Crippen LogP contribution is -2.26. The van der Waals surface area contributed by atoms with Crippen LogP contribution in [0.5, 0.6) is 11.5 Å². The van der Waals surface area contributed by atoms with Gasteiger partial charge < -0.3 is 20.1 Å². The Balaban J connectivity index is 1.85. The van der Waals surface area contributed by atoms with Crippen LogP contribution >= 0.6 is 0 Å². The van der Waals surface area contributed by atoms with Gasteiger partial charge >= 0.3 is 0 Å². The highest BCUT2D eigenvalue weighted by atomic mass is 16.5. The van der Waals surface area contributed by atoms with E-state index < -0.39 is 0 Å². The van der Waals surface area contributed by atoms with Crippen molar-refractivity contribution in [3.8, 4) is 11.5 Å². The van der Waals surface area contributed by atoms with E-state index in [1.54, 1.807) is 36.4 Å². The number of ether oxygens (including phenoxy) is 2. The molecule has 0 atom stereocenters. The molecular weight excluding hydrogens is 428 g/mol. The van der Waals surface area contributed by atoms with Crippen molar-refractivity contribution in [3.05, 3.63) is 83.9 Å². The molecule has 0 unspecified atom stereocenters. The van der Waals surface area contributed by atoms with E-state index in [4.69, 9.17) is 9.47 Å². The van der Waals surface area contributed by atoms with Crippen LogP contribution in [0.2, 0.25) is 0 Å². The minimum atomic E-state index is -0.344. The van der Waals surface area contributed by atoms with Crippen molar-refractivity contribution in [1.29, 1.82) is 0 Å². The fourth-order valence-electron chi connectivity index (χ4n) is 3.68. The zero-order valence-electron chi connectivity index (χ0n) is 20.2. The third-order valence-corrected chi connectivity index (χ3v) is 5.40. The topological polar surface area (TPSA) is 76.7 Å². The van der Waals surface area contributed by atoms with Gasteiger partial charge in [0.1, 0.15) is 11.5 Å². The molecule has 0 aliphatic heterocycles. The van der Waals surface area contributed by atoms with Gasteiger partial charge in [-0.15, -0.1) is 0 Å². The van der Waals surface area contributed by atoms with Crippen LogP contribution in [0.25, 0.3) is 0 Å². The molecule has 6 heteroatoms. The number of benzene rings is 3. The Bertz CT molecular complexity index is 1110. The third-order valence-electron chi connectivity index (χ3n) is 5.40. The lowest BCUT2D eigenvalue weighted by molar-refractivity contribution is -0.117. The number of carbonyl (C=O) groups is 2. The van der Waals surface area contributed by atoms with Crippen molar-refractivity contribution in [2.24, 2.45) is 0 Å². The second-order valence-corrected chi connectivity index (χ2v) is 8.51. The number of carbonyl (C=O) groups excluding carboxylic acids is 2. The average molecular weight is 461 g/mol. The molecular formula is C28H32N2O4. The van der Waals surface area contributed by atoms with Crippen molar-refractivity contribution in [3.63, 3.8) is 0 Å². The molecule has 0 aliphatic carbocycles. The van der Waals surface area contributed by atoms with E-state index in [0.29, 0.717) is 48.1 Å². The molecule has 3 aromatic carbocycles. The molecule has 6 nitrogen and oxygen atoms in total. The number of rotatable bonds is 10. The van der Waals surface area contributed by atoms with Crippen molar-refractivity contribution in [1.82, 2.24) is 0 Å². The fraction of sp³-hybridized carbons (Fsp3) is 0.286. The first-order chi connectivity index (χ1) is 16.3. The monoisotopic (exact) mass is 460 g/mol. The maximum atomic E-state index is 13.0. The molecule has 2 N–H and O–H groups in total. The largest absolute Gasteiger partial charge is 0.492 e. The lowest BCUT2D eigenvalue weighted by atomic mass is 9.81. The van der Waals surface area contributed by atoms with E-state index in [-0.39, 0.29) is 17.2 Å². The lowest BCUT2D eigenvalue weighted by Gasteiger charge is -2.25. The molecule has 2 amide bonds. The molecule has 0 aromatic heterocycles. The fourth-order valence-corrected chi connectivity index (χ4v) is 3.68. The summed E-state index contributed by atoms with van der Waals surface area (Å²) < 4.78 is 11.6. The van der Waals surface area contributed by atoms with Crippen LogP contribution in [0, 0.1) is 0 Å². The molecule has 0 fully saturated rings. The van der Waals surface area contributed by atoms with Crippen LogP contribution in [0.15, 0.2) is 72.8 Å². The number of amides is 2. The molecule has 3 aromatic rings. The summed E-state index contributed by atoms with van der Waals surface area (Å²) in [5.74, 6) is 0.511. The summed E-state index contributed by atoms with van der Waals surface area (Å²) in [6.45, 7) is 8.61. The van der Waals surface area contributed by atoms with Crippen molar-refractivity contribution >= 4 is 23.2 Å². The molecule has 0 saturated carbocycles. The molecule has 34 heavy (non-hydrogen) atoms. The molecule has 3 rings (SSSR count). The standard InChI is InChI=1S/C28H32N2O4/c1-5-33-24-18-23(30-27(32)20-13-9-7-10-14-20)25(34-6-2)17-22(24)29-26(31)19-28(3,4)21-15-11-8-12-16-21/h7-18H,5-6,19H2,1-4H3,(H,29,31)(H,30,32). The SMILES string of the molecule is CCOc1cc(NC(=O)c2ccccc2)c(OCC)cc1NC(=O)CC(C)(C)c1ccccc1. The minimum Gasteiger partial charge on any atom is -0.492 e. The normalized spacial score (nSPS) is 10.9. The first-order valence-corrected chi connectivity index (χ1v) is 11.5. The van der Waals surface area contributed by atoms with Gasteiger partial charge in [0.15, 0.2) is 0 Å². The number of anilines is 2. The average Bonchev–Trinajstić information content (AvgIpc) is 2.82.